The molecule has 0 aliphatic heterocycles. The molecule has 0 saturated carbocycles. The second-order valence-electron chi connectivity index (χ2n) is 4.30. The van der Waals surface area contributed by atoms with Gasteiger partial charge in [-0.05, 0) is 0 Å². The zero-order valence-electron chi connectivity index (χ0n) is 8.90. The van der Waals surface area contributed by atoms with Gasteiger partial charge in [0.2, 0.25) is 0 Å². The minimum atomic E-state index is -0.0328. The van der Waals surface area contributed by atoms with E-state index in [0.717, 1.165) is 19.6 Å². The van der Waals surface area contributed by atoms with Crippen molar-refractivity contribution in [1.82, 2.24) is 14.9 Å². The smallest absolute Gasteiger partial charge is 0.0946 e. The summed E-state index contributed by atoms with van der Waals surface area (Å²) in [6, 6.07) is 0. The molecule has 0 fully saturated rings. The first-order chi connectivity index (χ1) is 6.64. The largest absolute Gasteiger partial charge is 0.396 e. The zero-order valence-corrected chi connectivity index (χ0v) is 8.90. The Hall–Kier alpha value is -0.870. The number of aromatic nitrogens is 2. The van der Waals surface area contributed by atoms with Gasteiger partial charge >= 0.3 is 0 Å². The summed E-state index contributed by atoms with van der Waals surface area (Å²) in [6.07, 6.45) is 5.52. The number of aliphatic hydroxyl groups excluding tert-OH is 1. The summed E-state index contributed by atoms with van der Waals surface area (Å²) in [4.78, 5) is 3.96. The molecule has 4 nitrogen and oxygen atoms in total. The van der Waals surface area contributed by atoms with Crippen LogP contribution in [0.15, 0.2) is 18.7 Å². The molecule has 0 saturated heterocycles. The van der Waals surface area contributed by atoms with Gasteiger partial charge in [-0.1, -0.05) is 13.8 Å². The number of nitrogens with one attached hydrogen (secondary N) is 1. The van der Waals surface area contributed by atoms with Crippen LogP contribution in [0.1, 0.15) is 13.8 Å². The van der Waals surface area contributed by atoms with Crippen molar-refractivity contribution in [2.24, 2.45) is 5.41 Å². The Morgan fingerprint density at radius 1 is 1.50 bits per heavy atom. The molecule has 4 heteroatoms. The second-order valence-corrected chi connectivity index (χ2v) is 4.30. The van der Waals surface area contributed by atoms with Crippen molar-refractivity contribution in [2.45, 2.75) is 20.4 Å². The lowest BCUT2D eigenvalue weighted by Crippen LogP contribution is -2.33. The fourth-order valence-corrected chi connectivity index (χ4v) is 1.11. The van der Waals surface area contributed by atoms with E-state index < -0.39 is 0 Å². The van der Waals surface area contributed by atoms with Crippen LogP contribution >= 0.6 is 0 Å². The summed E-state index contributed by atoms with van der Waals surface area (Å²) >= 11 is 0. The van der Waals surface area contributed by atoms with E-state index in [1.807, 2.05) is 24.6 Å². The molecule has 80 valence electrons. The molecule has 1 rings (SSSR count). The van der Waals surface area contributed by atoms with Crippen LogP contribution < -0.4 is 5.32 Å². The number of hydrogen-bond donors (Lipinski definition) is 2. The molecule has 2 N–H and O–H groups in total. The van der Waals surface area contributed by atoms with Gasteiger partial charge in [0.05, 0.1) is 6.33 Å². The summed E-state index contributed by atoms with van der Waals surface area (Å²) in [5.41, 5.74) is -0.0328. The van der Waals surface area contributed by atoms with Gasteiger partial charge in [0.25, 0.3) is 0 Å². The van der Waals surface area contributed by atoms with Crippen molar-refractivity contribution >= 4 is 0 Å². The Labute approximate surface area is 85.0 Å². The molecule has 0 unspecified atom stereocenters. The van der Waals surface area contributed by atoms with Crippen LogP contribution in [0, 0.1) is 5.41 Å². The van der Waals surface area contributed by atoms with Crippen LogP contribution in [0.5, 0.6) is 0 Å². The number of aliphatic hydroxyl groups is 1. The standard InChI is InChI=1S/C10H19N3O/c1-10(2,8-14)7-11-3-5-13-6-4-12-9-13/h4,6,9,11,14H,3,5,7-8H2,1-2H3. The first-order valence-corrected chi connectivity index (χ1v) is 4.91. The lowest BCUT2D eigenvalue weighted by molar-refractivity contribution is 0.157. The van der Waals surface area contributed by atoms with Gasteiger partial charge in [-0.3, -0.25) is 0 Å². The summed E-state index contributed by atoms with van der Waals surface area (Å²) in [6.45, 7) is 6.94. The van der Waals surface area contributed by atoms with Crippen molar-refractivity contribution < 1.29 is 5.11 Å². The van der Waals surface area contributed by atoms with Gasteiger partial charge in [0.15, 0.2) is 0 Å². The molecule has 1 aromatic heterocycles. The fraction of sp³-hybridized carbons (Fsp3) is 0.700. The number of nitrogens with zero attached hydrogens (tertiary/aromatic N) is 2. The SMILES string of the molecule is CC(C)(CO)CNCCn1ccnc1. The van der Waals surface area contributed by atoms with Crippen molar-refractivity contribution in [1.29, 1.82) is 0 Å². The van der Waals surface area contributed by atoms with E-state index >= 15 is 0 Å². The fourth-order valence-electron chi connectivity index (χ4n) is 1.11. The van der Waals surface area contributed by atoms with E-state index in [9.17, 15) is 0 Å². The van der Waals surface area contributed by atoms with Gasteiger partial charge in [-0.15, -0.1) is 0 Å². The summed E-state index contributed by atoms with van der Waals surface area (Å²) < 4.78 is 2.03. The van der Waals surface area contributed by atoms with Crippen LogP contribution in [-0.2, 0) is 6.54 Å². The van der Waals surface area contributed by atoms with E-state index in [2.05, 4.69) is 10.3 Å². The minimum Gasteiger partial charge on any atom is -0.396 e. The maximum absolute atomic E-state index is 9.02. The molecule has 0 amide bonds. The van der Waals surface area contributed by atoms with Gasteiger partial charge < -0.3 is 15.0 Å². The van der Waals surface area contributed by atoms with E-state index in [0.29, 0.717) is 0 Å². The third-order valence-electron chi connectivity index (χ3n) is 2.14. The number of imidazole rings is 1. The molecule has 0 atom stereocenters. The Balaban J connectivity index is 2.11. The Morgan fingerprint density at radius 2 is 2.29 bits per heavy atom. The van der Waals surface area contributed by atoms with Crippen LogP contribution in [-0.4, -0.2) is 34.4 Å². The lowest BCUT2D eigenvalue weighted by atomic mass is 9.95. The van der Waals surface area contributed by atoms with E-state index in [1.165, 1.54) is 0 Å². The predicted octanol–water partition coefficient (Wildman–Crippen LogP) is 0.491. The van der Waals surface area contributed by atoms with Crippen molar-refractivity contribution in [3.63, 3.8) is 0 Å². The van der Waals surface area contributed by atoms with Crippen molar-refractivity contribution in [3.8, 4) is 0 Å². The molecule has 1 heterocycles. The Bertz CT molecular complexity index is 244. The van der Waals surface area contributed by atoms with E-state index in [4.69, 9.17) is 5.11 Å². The monoisotopic (exact) mass is 197 g/mol. The third kappa shape index (κ3) is 3.89. The van der Waals surface area contributed by atoms with E-state index in [1.54, 1.807) is 12.5 Å². The quantitative estimate of drug-likeness (QED) is 0.653. The van der Waals surface area contributed by atoms with Gasteiger partial charge in [0, 0.05) is 44.0 Å². The van der Waals surface area contributed by atoms with Crippen molar-refractivity contribution in [3.05, 3.63) is 18.7 Å². The highest BCUT2D eigenvalue weighted by atomic mass is 16.3. The number of rotatable bonds is 6. The average molecular weight is 197 g/mol. The van der Waals surface area contributed by atoms with Gasteiger partial charge in [0.1, 0.15) is 0 Å². The molecule has 1 aromatic rings. The van der Waals surface area contributed by atoms with Crippen LogP contribution in [0.4, 0.5) is 0 Å². The summed E-state index contributed by atoms with van der Waals surface area (Å²) in [5, 5.41) is 12.3. The maximum Gasteiger partial charge on any atom is 0.0946 e. The highest BCUT2D eigenvalue weighted by molar-refractivity contribution is 4.75. The van der Waals surface area contributed by atoms with Crippen molar-refractivity contribution in [2.75, 3.05) is 19.7 Å². The highest BCUT2D eigenvalue weighted by Gasteiger charge is 2.14. The molecule has 0 bridgehead atoms. The lowest BCUT2D eigenvalue weighted by Gasteiger charge is -2.21. The predicted molar refractivity (Wildman–Crippen MR) is 56.0 cm³/mol. The van der Waals surface area contributed by atoms with Gasteiger partial charge in [-0.2, -0.15) is 0 Å². The molecule has 0 spiro atoms. The molecule has 0 aliphatic rings. The minimum absolute atomic E-state index is 0.0328. The molecular formula is C10H19N3O. The second kappa shape index (κ2) is 5.12. The highest BCUT2D eigenvalue weighted by Crippen LogP contribution is 2.10. The summed E-state index contributed by atoms with van der Waals surface area (Å²) in [7, 11) is 0. The molecule has 0 aliphatic carbocycles. The zero-order chi connectivity index (χ0) is 10.4. The van der Waals surface area contributed by atoms with Crippen LogP contribution in [0.2, 0.25) is 0 Å². The Morgan fingerprint density at radius 3 is 2.86 bits per heavy atom. The number of hydrogen-bond acceptors (Lipinski definition) is 3. The molecule has 0 aromatic carbocycles. The van der Waals surface area contributed by atoms with E-state index in [-0.39, 0.29) is 12.0 Å². The normalized spacial score (nSPS) is 11.9. The first kappa shape index (κ1) is 11.2. The van der Waals surface area contributed by atoms with Gasteiger partial charge in [-0.25, -0.2) is 4.98 Å². The van der Waals surface area contributed by atoms with Crippen LogP contribution in [0.3, 0.4) is 0 Å². The van der Waals surface area contributed by atoms with Crippen LogP contribution in [0.25, 0.3) is 0 Å². The molecular weight excluding hydrogens is 178 g/mol. The Kier molecular flexibility index (Phi) is 4.10. The molecule has 0 radical (unpaired) electrons. The first-order valence-electron chi connectivity index (χ1n) is 4.91. The molecule has 14 heavy (non-hydrogen) atoms. The third-order valence-corrected chi connectivity index (χ3v) is 2.14. The maximum atomic E-state index is 9.02. The summed E-state index contributed by atoms with van der Waals surface area (Å²) in [5.74, 6) is 0. The average Bonchev–Trinajstić information content (AvgIpc) is 2.65. The topological polar surface area (TPSA) is 50.1 Å².